The second kappa shape index (κ2) is 5.82. The Kier molecular flexibility index (Phi) is 4.67. The number of nitrogens with one attached hydrogen (secondary N) is 1. The third-order valence-corrected chi connectivity index (χ3v) is 2.27. The van der Waals surface area contributed by atoms with E-state index in [4.69, 9.17) is 4.74 Å². The lowest BCUT2D eigenvalue weighted by Crippen LogP contribution is -2.40. The number of hydrogen-bond donors (Lipinski definition) is 2. The molecule has 0 fully saturated rings. The molecule has 5 nitrogen and oxygen atoms in total. The third kappa shape index (κ3) is 4.71. The molecule has 0 saturated carbocycles. The summed E-state index contributed by atoms with van der Waals surface area (Å²) in [4.78, 5) is 15.4. The summed E-state index contributed by atoms with van der Waals surface area (Å²) in [6, 6.07) is 2.97. The molecule has 0 spiro atoms. The molecule has 2 unspecified atom stereocenters. The average molecular weight is 252 g/mol. The van der Waals surface area contributed by atoms with Gasteiger partial charge >= 0.3 is 6.09 Å². The highest BCUT2D eigenvalue weighted by Gasteiger charge is 2.22. The largest absolute Gasteiger partial charge is 0.444 e. The van der Waals surface area contributed by atoms with Gasteiger partial charge in [-0.3, -0.25) is 4.98 Å². The Hall–Kier alpha value is -1.62. The van der Waals surface area contributed by atoms with Crippen LogP contribution in [0.3, 0.4) is 0 Å². The number of carbonyl (C=O) groups excluding carboxylic acids is 1. The summed E-state index contributed by atoms with van der Waals surface area (Å²) < 4.78 is 5.12. The van der Waals surface area contributed by atoms with Crippen molar-refractivity contribution in [3.63, 3.8) is 0 Å². The van der Waals surface area contributed by atoms with Gasteiger partial charge < -0.3 is 15.2 Å². The van der Waals surface area contributed by atoms with Crippen molar-refractivity contribution in [2.45, 2.75) is 45.4 Å². The van der Waals surface area contributed by atoms with Crippen LogP contribution in [0.15, 0.2) is 24.5 Å². The van der Waals surface area contributed by atoms with Crippen LogP contribution in [0.1, 0.15) is 39.4 Å². The van der Waals surface area contributed by atoms with Crippen molar-refractivity contribution in [3.8, 4) is 0 Å². The van der Waals surface area contributed by atoms with Crippen molar-refractivity contribution >= 4 is 6.09 Å². The van der Waals surface area contributed by atoms with Crippen LogP contribution in [0.25, 0.3) is 0 Å². The maximum Gasteiger partial charge on any atom is 0.407 e. The van der Waals surface area contributed by atoms with E-state index in [1.165, 1.54) is 0 Å². The SMILES string of the molecule is CC(NC(=O)OC(C)(C)C)C(O)c1ccncc1. The number of carbonyl (C=O) groups is 1. The molecule has 0 bridgehead atoms. The highest BCUT2D eigenvalue weighted by atomic mass is 16.6. The van der Waals surface area contributed by atoms with Crippen LogP contribution < -0.4 is 5.32 Å². The van der Waals surface area contributed by atoms with Gasteiger partial charge in [-0.25, -0.2) is 4.79 Å². The van der Waals surface area contributed by atoms with Gasteiger partial charge in [0.1, 0.15) is 5.60 Å². The first-order chi connectivity index (χ1) is 8.29. The van der Waals surface area contributed by atoms with Crippen LogP contribution in [0, 0.1) is 0 Å². The second-order valence-corrected chi connectivity index (χ2v) is 5.16. The van der Waals surface area contributed by atoms with E-state index in [2.05, 4.69) is 10.3 Å². The van der Waals surface area contributed by atoms with Crippen LogP contribution in [-0.4, -0.2) is 27.8 Å². The quantitative estimate of drug-likeness (QED) is 0.863. The van der Waals surface area contributed by atoms with E-state index in [1.54, 1.807) is 52.2 Å². The molecule has 5 heteroatoms. The number of amides is 1. The minimum Gasteiger partial charge on any atom is -0.444 e. The minimum atomic E-state index is -0.791. The summed E-state index contributed by atoms with van der Waals surface area (Å²) in [6.45, 7) is 7.08. The molecule has 0 aliphatic heterocycles. The van der Waals surface area contributed by atoms with Gasteiger partial charge in [0.05, 0.1) is 12.1 Å². The first kappa shape index (κ1) is 14.4. The average Bonchev–Trinajstić information content (AvgIpc) is 2.26. The van der Waals surface area contributed by atoms with E-state index < -0.39 is 23.8 Å². The van der Waals surface area contributed by atoms with E-state index >= 15 is 0 Å². The highest BCUT2D eigenvalue weighted by Crippen LogP contribution is 2.16. The number of aliphatic hydroxyl groups is 1. The normalized spacial score (nSPS) is 14.7. The smallest absolute Gasteiger partial charge is 0.407 e. The fourth-order valence-corrected chi connectivity index (χ4v) is 1.42. The molecule has 0 aliphatic rings. The zero-order chi connectivity index (χ0) is 13.8. The van der Waals surface area contributed by atoms with Gasteiger partial charge in [-0.05, 0) is 45.4 Å². The zero-order valence-corrected chi connectivity index (χ0v) is 11.2. The molecular weight excluding hydrogens is 232 g/mol. The van der Waals surface area contributed by atoms with Gasteiger partial charge in [0.25, 0.3) is 0 Å². The van der Waals surface area contributed by atoms with Crippen molar-refractivity contribution < 1.29 is 14.6 Å². The Balaban J connectivity index is 2.55. The summed E-state index contributed by atoms with van der Waals surface area (Å²) in [5.41, 5.74) is 0.152. The summed E-state index contributed by atoms with van der Waals surface area (Å²) >= 11 is 0. The van der Waals surface area contributed by atoms with E-state index in [1.807, 2.05) is 0 Å². The summed E-state index contributed by atoms with van der Waals surface area (Å²) in [5.74, 6) is 0. The molecule has 1 aromatic rings. The molecule has 0 radical (unpaired) electrons. The summed E-state index contributed by atoms with van der Waals surface area (Å²) in [5, 5.41) is 12.6. The van der Waals surface area contributed by atoms with Gasteiger partial charge in [-0.2, -0.15) is 0 Å². The molecular formula is C13H20N2O3. The molecule has 1 aromatic heterocycles. The lowest BCUT2D eigenvalue weighted by atomic mass is 10.1. The number of rotatable bonds is 3. The number of pyridine rings is 1. The van der Waals surface area contributed by atoms with Gasteiger partial charge in [0.15, 0.2) is 0 Å². The lowest BCUT2D eigenvalue weighted by molar-refractivity contribution is 0.0436. The van der Waals surface area contributed by atoms with Crippen LogP contribution in [0.2, 0.25) is 0 Å². The van der Waals surface area contributed by atoms with Crippen LogP contribution >= 0.6 is 0 Å². The Labute approximate surface area is 107 Å². The molecule has 2 N–H and O–H groups in total. The Morgan fingerprint density at radius 2 is 1.94 bits per heavy atom. The van der Waals surface area contributed by atoms with Crippen molar-refractivity contribution in [1.82, 2.24) is 10.3 Å². The number of aliphatic hydroxyl groups excluding tert-OH is 1. The molecule has 100 valence electrons. The van der Waals surface area contributed by atoms with Crippen LogP contribution in [0.5, 0.6) is 0 Å². The molecule has 1 amide bonds. The number of nitrogens with zero attached hydrogens (tertiary/aromatic N) is 1. The first-order valence-corrected chi connectivity index (χ1v) is 5.87. The summed E-state index contributed by atoms with van der Waals surface area (Å²) in [7, 11) is 0. The molecule has 1 heterocycles. The maximum atomic E-state index is 11.5. The van der Waals surface area contributed by atoms with Crippen LogP contribution in [0.4, 0.5) is 4.79 Å². The number of hydrogen-bond acceptors (Lipinski definition) is 4. The molecule has 1 rings (SSSR count). The number of aromatic nitrogens is 1. The minimum absolute atomic E-state index is 0.442. The summed E-state index contributed by atoms with van der Waals surface area (Å²) in [6.07, 6.45) is 1.86. The highest BCUT2D eigenvalue weighted by molar-refractivity contribution is 5.68. The van der Waals surface area contributed by atoms with Gasteiger partial charge in [0, 0.05) is 12.4 Å². The van der Waals surface area contributed by atoms with E-state index in [0.29, 0.717) is 5.56 Å². The first-order valence-electron chi connectivity index (χ1n) is 5.87. The number of alkyl carbamates (subject to hydrolysis) is 1. The predicted octanol–water partition coefficient (Wildman–Crippen LogP) is 2.03. The van der Waals surface area contributed by atoms with Gasteiger partial charge in [0.2, 0.25) is 0 Å². The van der Waals surface area contributed by atoms with E-state index in [0.717, 1.165) is 0 Å². The lowest BCUT2D eigenvalue weighted by Gasteiger charge is -2.24. The van der Waals surface area contributed by atoms with Crippen molar-refractivity contribution in [2.75, 3.05) is 0 Å². The van der Waals surface area contributed by atoms with Gasteiger partial charge in [-0.1, -0.05) is 0 Å². The molecule has 0 saturated heterocycles. The van der Waals surface area contributed by atoms with Gasteiger partial charge in [-0.15, -0.1) is 0 Å². The van der Waals surface area contributed by atoms with Crippen molar-refractivity contribution in [1.29, 1.82) is 0 Å². The molecule has 18 heavy (non-hydrogen) atoms. The van der Waals surface area contributed by atoms with E-state index in [-0.39, 0.29) is 0 Å². The fourth-order valence-electron chi connectivity index (χ4n) is 1.42. The maximum absolute atomic E-state index is 11.5. The van der Waals surface area contributed by atoms with Crippen molar-refractivity contribution in [3.05, 3.63) is 30.1 Å². The fraction of sp³-hybridized carbons (Fsp3) is 0.538. The Bertz CT molecular complexity index is 387. The Morgan fingerprint density at radius 1 is 1.39 bits per heavy atom. The second-order valence-electron chi connectivity index (χ2n) is 5.16. The molecule has 2 atom stereocenters. The monoisotopic (exact) mass is 252 g/mol. The van der Waals surface area contributed by atoms with Crippen LogP contribution in [-0.2, 0) is 4.74 Å². The van der Waals surface area contributed by atoms with E-state index in [9.17, 15) is 9.90 Å². The molecule has 0 aliphatic carbocycles. The third-order valence-electron chi connectivity index (χ3n) is 2.27. The predicted molar refractivity (Wildman–Crippen MR) is 68.0 cm³/mol. The topological polar surface area (TPSA) is 71.5 Å². The zero-order valence-electron chi connectivity index (χ0n) is 11.2. The number of ether oxygens (including phenoxy) is 1. The molecule has 0 aromatic carbocycles. The standard InChI is InChI=1S/C13H20N2O3/c1-9(15-12(17)18-13(2,3)4)11(16)10-5-7-14-8-6-10/h5-9,11,16H,1-4H3,(H,15,17). The Morgan fingerprint density at radius 3 is 2.44 bits per heavy atom. The van der Waals surface area contributed by atoms with Crippen molar-refractivity contribution in [2.24, 2.45) is 0 Å².